The number of hydrogen-bond donors (Lipinski definition) is 2. The van der Waals surface area contributed by atoms with Gasteiger partial charge in [-0.25, -0.2) is 4.98 Å². The van der Waals surface area contributed by atoms with Crippen LogP contribution in [-0.4, -0.2) is 35.3 Å². The van der Waals surface area contributed by atoms with E-state index in [1.54, 1.807) is 18.3 Å². The van der Waals surface area contributed by atoms with Gasteiger partial charge in [-0.15, -0.1) is 0 Å². The first-order valence-corrected chi connectivity index (χ1v) is 8.14. The molecule has 1 aromatic heterocycles. The minimum atomic E-state index is -0.242. The molecule has 0 aliphatic heterocycles. The summed E-state index contributed by atoms with van der Waals surface area (Å²) in [7, 11) is 0. The van der Waals surface area contributed by atoms with E-state index in [1.807, 2.05) is 13.8 Å². The second-order valence-electron chi connectivity index (χ2n) is 6.10. The molecule has 5 heteroatoms. The maximum absolute atomic E-state index is 12.3. The molecular weight excluding hydrogens is 280 g/mol. The number of aliphatic hydroxyl groups excluding tert-OH is 1. The molecule has 1 amide bonds. The number of aromatic nitrogens is 1. The van der Waals surface area contributed by atoms with Crippen LogP contribution in [0.15, 0.2) is 18.3 Å². The zero-order valence-corrected chi connectivity index (χ0v) is 13.5. The molecule has 2 rings (SSSR count). The van der Waals surface area contributed by atoms with E-state index in [1.165, 1.54) is 6.42 Å². The minimum Gasteiger partial charge on any atom is -0.474 e. The van der Waals surface area contributed by atoms with Crippen LogP contribution < -0.4 is 10.1 Å². The van der Waals surface area contributed by atoms with Crippen LogP contribution in [0, 0.1) is 5.41 Å². The van der Waals surface area contributed by atoms with Crippen molar-refractivity contribution in [3.8, 4) is 5.88 Å². The zero-order valence-electron chi connectivity index (χ0n) is 13.5. The number of carbonyl (C=O) groups excluding carboxylic acids is 1. The molecule has 1 heterocycles. The van der Waals surface area contributed by atoms with E-state index in [-0.39, 0.29) is 24.0 Å². The Bertz CT molecular complexity index is 488. The number of amides is 1. The van der Waals surface area contributed by atoms with E-state index in [0.717, 1.165) is 25.7 Å². The molecule has 5 nitrogen and oxygen atoms in total. The van der Waals surface area contributed by atoms with E-state index in [2.05, 4.69) is 10.3 Å². The first-order valence-electron chi connectivity index (χ1n) is 8.14. The van der Waals surface area contributed by atoms with Crippen LogP contribution in [-0.2, 0) is 0 Å². The summed E-state index contributed by atoms with van der Waals surface area (Å²) in [4.78, 5) is 16.4. The summed E-state index contributed by atoms with van der Waals surface area (Å²) in [5, 5.41) is 12.5. The van der Waals surface area contributed by atoms with Crippen LogP contribution in [0.2, 0.25) is 0 Å². The Morgan fingerprint density at radius 3 is 2.73 bits per heavy atom. The smallest absolute Gasteiger partial charge is 0.251 e. The highest BCUT2D eigenvalue weighted by Crippen LogP contribution is 2.25. The minimum absolute atomic E-state index is 0.0761. The Morgan fingerprint density at radius 1 is 1.45 bits per heavy atom. The van der Waals surface area contributed by atoms with Crippen molar-refractivity contribution in [2.24, 2.45) is 5.41 Å². The number of ether oxygens (including phenoxy) is 1. The number of nitrogens with zero attached hydrogens (tertiary/aromatic N) is 1. The van der Waals surface area contributed by atoms with Crippen molar-refractivity contribution in [3.05, 3.63) is 23.9 Å². The molecule has 0 spiro atoms. The molecule has 1 aliphatic rings. The van der Waals surface area contributed by atoms with Crippen LogP contribution in [0.1, 0.15) is 56.3 Å². The van der Waals surface area contributed by atoms with Gasteiger partial charge < -0.3 is 15.2 Å². The first kappa shape index (κ1) is 16.7. The Kier molecular flexibility index (Phi) is 5.77. The maximum Gasteiger partial charge on any atom is 0.251 e. The predicted octanol–water partition coefficient (Wildman–Crippen LogP) is 2.54. The molecule has 0 radical (unpaired) electrons. The Morgan fingerprint density at radius 2 is 2.18 bits per heavy atom. The van der Waals surface area contributed by atoms with Gasteiger partial charge in [0, 0.05) is 29.8 Å². The fourth-order valence-electron chi connectivity index (χ4n) is 2.42. The molecule has 122 valence electrons. The van der Waals surface area contributed by atoms with E-state index in [4.69, 9.17) is 4.74 Å². The largest absolute Gasteiger partial charge is 0.474 e. The lowest BCUT2D eigenvalue weighted by Gasteiger charge is -2.29. The lowest BCUT2D eigenvalue weighted by atomic mass is 9.83. The van der Waals surface area contributed by atoms with E-state index in [0.29, 0.717) is 18.0 Å². The van der Waals surface area contributed by atoms with E-state index < -0.39 is 0 Å². The van der Waals surface area contributed by atoms with Crippen molar-refractivity contribution in [2.75, 3.05) is 13.2 Å². The van der Waals surface area contributed by atoms with Crippen molar-refractivity contribution in [2.45, 2.75) is 52.1 Å². The second-order valence-corrected chi connectivity index (χ2v) is 6.10. The van der Waals surface area contributed by atoms with Crippen molar-refractivity contribution >= 4 is 5.91 Å². The molecule has 1 fully saturated rings. The third kappa shape index (κ3) is 3.97. The maximum atomic E-state index is 12.3. The average molecular weight is 306 g/mol. The van der Waals surface area contributed by atoms with Gasteiger partial charge >= 0.3 is 0 Å². The number of hydrogen-bond acceptors (Lipinski definition) is 4. The third-order valence-electron chi connectivity index (χ3n) is 4.80. The summed E-state index contributed by atoms with van der Waals surface area (Å²) < 4.78 is 5.72. The van der Waals surface area contributed by atoms with E-state index in [9.17, 15) is 9.90 Å². The normalized spacial score (nSPS) is 15.2. The van der Waals surface area contributed by atoms with Gasteiger partial charge in [-0.05, 0) is 38.2 Å². The summed E-state index contributed by atoms with van der Waals surface area (Å²) in [5.41, 5.74) is 0.303. The summed E-state index contributed by atoms with van der Waals surface area (Å²) >= 11 is 0. The van der Waals surface area contributed by atoms with Crippen molar-refractivity contribution < 1.29 is 14.6 Å². The second kappa shape index (κ2) is 7.58. The van der Waals surface area contributed by atoms with Gasteiger partial charge in [0.15, 0.2) is 0 Å². The monoisotopic (exact) mass is 306 g/mol. The Labute approximate surface area is 132 Å². The summed E-state index contributed by atoms with van der Waals surface area (Å²) in [6.45, 7) is 4.61. The molecule has 0 aromatic carbocycles. The molecule has 0 saturated heterocycles. The first-order chi connectivity index (χ1) is 10.6. The van der Waals surface area contributed by atoms with Crippen molar-refractivity contribution in [1.29, 1.82) is 0 Å². The average Bonchev–Trinajstić information content (AvgIpc) is 2.53. The summed E-state index contributed by atoms with van der Waals surface area (Å²) in [6, 6.07) is 3.37. The number of carbonyl (C=O) groups is 1. The highest BCUT2D eigenvalue weighted by atomic mass is 16.5. The van der Waals surface area contributed by atoms with Crippen molar-refractivity contribution in [3.63, 3.8) is 0 Å². The highest BCUT2D eigenvalue weighted by Gasteiger charge is 2.26. The van der Waals surface area contributed by atoms with Crippen LogP contribution >= 0.6 is 0 Å². The fraction of sp³-hybridized carbons (Fsp3) is 0.647. The molecular formula is C17H26N2O3. The number of rotatable bonds is 8. The topological polar surface area (TPSA) is 71.5 Å². The van der Waals surface area contributed by atoms with Crippen LogP contribution in [0.3, 0.4) is 0 Å². The van der Waals surface area contributed by atoms with Gasteiger partial charge in [-0.3, -0.25) is 4.79 Å². The predicted molar refractivity (Wildman–Crippen MR) is 84.9 cm³/mol. The SMILES string of the molecule is CCC(CC)(CO)CNC(=O)c1ccnc(OC2CCC2)c1. The lowest BCUT2D eigenvalue weighted by molar-refractivity contribution is 0.0848. The fourth-order valence-corrected chi connectivity index (χ4v) is 2.42. The van der Waals surface area contributed by atoms with Gasteiger partial charge in [0.1, 0.15) is 6.10 Å². The molecule has 1 aromatic rings. The van der Waals surface area contributed by atoms with Crippen LogP contribution in [0.5, 0.6) is 5.88 Å². The quantitative estimate of drug-likeness (QED) is 0.774. The number of pyridine rings is 1. The molecule has 0 unspecified atom stereocenters. The molecule has 1 saturated carbocycles. The zero-order chi connectivity index (χ0) is 16.0. The van der Waals surface area contributed by atoms with Gasteiger partial charge in [0.05, 0.1) is 6.61 Å². The van der Waals surface area contributed by atoms with Gasteiger partial charge in [0.25, 0.3) is 5.91 Å². The van der Waals surface area contributed by atoms with Gasteiger partial charge in [0.2, 0.25) is 5.88 Å². The van der Waals surface area contributed by atoms with Gasteiger partial charge in [-0.1, -0.05) is 13.8 Å². The summed E-state index contributed by atoms with van der Waals surface area (Å²) in [6.07, 6.45) is 6.81. The Balaban J connectivity index is 1.95. The standard InChI is InChI=1S/C17H26N2O3/c1-3-17(4-2,12-20)11-19-16(21)13-8-9-18-15(10-13)22-14-6-5-7-14/h8-10,14,20H,3-7,11-12H2,1-2H3,(H,19,21). The molecule has 0 atom stereocenters. The third-order valence-corrected chi connectivity index (χ3v) is 4.80. The molecule has 1 aliphatic carbocycles. The number of aliphatic hydroxyl groups is 1. The van der Waals surface area contributed by atoms with Crippen LogP contribution in [0.4, 0.5) is 0 Å². The van der Waals surface area contributed by atoms with E-state index >= 15 is 0 Å². The summed E-state index contributed by atoms with van der Waals surface area (Å²) in [5.74, 6) is 0.359. The molecule has 0 bridgehead atoms. The van der Waals surface area contributed by atoms with Gasteiger partial charge in [-0.2, -0.15) is 0 Å². The van der Waals surface area contributed by atoms with Crippen molar-refractivity contribution in [1.82, 2.24) is 10.3 Å². The van der Waals surface area contributed by atoms with Crippen LogP contribution in [0.25, 0.3) is 0 Å². The lowest BCUT2D eigenvalue weighted by Crippen LogP contribution is -2.39. The molecule has 2 N–H and O–H groups in total. The molecule has 22 heavy (non-hydrogen) atoms. The highest BCUT2D eigenvalue weighted by molar-refractivity contribution is 5.94. The number of nitrogens with one attached hydrogen (secondary N) is 1. The Hall–Kier alpha value is -1.62.